The quantitative estimate of drug-likeness (QED) is 0.574. The van der Waals surface area contributed by atoms with Gasteiger partial charge in [0.2, 0.25) is 0 Å². The Bertz CT molecular complexity index is 1210. The largest absolute Gasteiger partial charge is 0.496 e. The summed E-state index contributed by atoms with van der Waals surface area (Å²) < 4.78 is 7.34. The Labute approximate surface area is 165 Å². The van der Waals surface area contributed by atoms with Crippen molar-refractivity contribution >= 4 is 21.6 Å². The van der Waals surface area contributed by atoms with Crippen LogP contribution in [0.15, 0.2) is 41.5 Å². The molecule has 0 radical (unpaired) electrons. The summed E-state index contributed by atoms with van der Waals surface area (Å²) in [5.74, 6) is 1.38. The lowest BCUT2D eigenvalue weighted by Gasteiger charge is -2.11. The van der Waals surface area contributed by atoms with Crippen molar-refractivity contribution in [1.82, 2.24) is 19.7 Å². The molecule has 4 aromatic rings. The third-order valence-electron chi connectivity index (χ3n) is 5.27. The first-order chi connectivity index (χ1) is 13.7. The fourth-order valence-corrected chi connectivity index (χ4v) is 5.18. The highest BCUT2D eigenvalue weighted by atomic mass is 32.1. The highest BCUT2D eigenvalue weighted by Gasteiger charge is 2.20. The molecular formula is C21H20N4O2S. The number of rotatable bonds is 4. The number of thiophene rings is 1. The van der Waals surface area contributed by atoms with Gasteiger partial charge in [-0.25, -0.2) is 4.98 Å². The molecule has 0 saturated heterocycles. The molecule has 0 amide bonds. The third kappa shape index (κ3) is 2.92. The van der Waals surface area contributed by atoms with Crippen LogP contribution in [0, 0.1) is 0 Å². The standard InChI is InChI=1S/C21H20N4O2S/c1-27-16-8-7-13(11-14(16)12-25-10-4-9-22-25)19-23-20(26)18-15-5-2-3-6-17(15)28-21(18)24-19/h4,7-11H,2-3,5-6,12H2,1H3,(H,23,24,26). The van der Waals surface area contributed by atoms with Gasteiger partial charge in [0.1, 0.15) is 16.4 Å². The minimum atomic E-state index is -0.0381. The first-order valence-electron chi connectivity index (χ1n) is 9.42. The van der Waals surface area contributed by atoms with E-state index in [1.54, 1.807) is 24.6 Å². The van der Waals surface area contributed by atoms with Gasteiger partial charge in [-0.05, 0) is 55.5 Å². The zero-order valence-electron chi connectivity index (χ0n) is 15.6. The van der Waals surface area contributed by atoms with Gasteiger partial charge in [0.15, 0.2) is 0 Å². The summed E-state index contributed by atoms with van der Waals surface area (Å²) in [4.78, 5) is 22.8. The molecule has 0 bridgehead atoms. The summed E-state index contributed by atoms with van der Waals surface area (Å²) in [6.45, 7) is 0.587. The van der Waals surface area contributed by atoms with E-state index in [0.717, 1.165) is 46.4 Å². The van der Waals surface area contributed by atoms with Crippen molar-refractivity contribution in [3.63, 3.8) is 0 Å². The van der Waals surface area contributed by atoms with E-state index in [0.29, 0.717) is 12.4 Å². The number of methoxy groups -OCH3 is 1. The first-order valence-corrected chi connectivity index (χ1v) is 10.2. The van der Waals surface area contributed by atoms with Crippen molar-refractivity contribution in [3.05, 3.63) is 63.0 Å². The summed E-state index contributed by atoms with van der Waals surface area (Å²) in [7, 11) is 1.66. The average molecular weight is 392 g/mol. The van der Waals surface area contributed by atoms with Crippen LogP contribution < -0.4 is 10.3 Å². The summed E-state index contributed by atoms with van der Waals surface area (Å²) in [5.41, 5.74) is 3.02. The van der Waals surface area contributed by atoms with Crippen LogP contribution in [-0.2, 0) is 19.4 Å². The molecule has 1 aliphatic carbocycles. The molecule has 28 heavy (non-hydrogen) atoms. The Kier molecular flexibility index (Phi) is 4.24. The van der Waals surface area contributed by atoms with Crippen molar-refractivity contribution in [2.45, 2.75) is 32.2 Å². The Hall–Kier alpha value is -2.93. The second-order valence-corrected chi connectivity index (χ2v) is 8.12. The Morgan fingerprint density at radius 2 is 2.18 bits per heavy atom. The second kappa shape index (κ2) is 6.91. The number of hydrogen-bond acceptors (Lipinski definition) is 5. The molecular weight excluding hydrogens is 372 g/mol. The Morgan fingerprint density at radius 1 is 1.29 bits per heavy atom. The number of aromatic amines is 1. The van der Waals surface area contributed by atoms with Crippen LogP contribution in [0.4, 0.5) is 0 Å². The number of nitrogens with one attached hydrogen (secondary N) is 1. The number of nitrogens with zero attached hydrogens (tertiary/aromatic N) is 3. The number of aryl methyl sites for hydroxylation is 2. The van der Waals surface area contributed by atoms with Crippen LogP contribution in [0.5, 0.6) is 5.75 Å². The van der Waals surface area contributed by atoms with Gasteiger partial charge >= 0.3 is 0 Å². The van der Waals surface area contributed by atoms with Crippen molar-refractivity contribution in [2.75, 3.05) is 7.11 Å². The fraction of sp³-hybridized carbons (Fsp3) is 0.286. The van der Waals surface area contributed by atoms with Crippen molar-refractivity contribution in [2.24, 2.45) is 0 Å². The van der Waals surface area contributed by atoms with E-state index < -0.39 is 0 Å². The SMILES string of the molecule is COc1ccc(-c2nc3sc4c(c3c(=O)[nH]2)CCCC4)cc1Cn1cccn1. The van der Waals surface area contributed by atoms with Crippen molar-refractivity contribution < 1.29 is 4.74 Å². The van der Waals surface area contributed by atoms with E-state index >= 15 is 0 Å². The van der Waals surface area contributed by atoms with Gasteiger partial charge in [0.05, 0.1) is 19.0 Å². The maximum Gasteiger partial charge on any atom is 0.260 e. The molecule has 0 aliphatic heterocycles. The van der Waals surface area contributed by atoms with Gasteiger partial charge in [-0.1, -0.05) is 0 Å². The molecule has 5 rings (SSSR count). The van der Waals surface area contributed by atoms with Gasteiger partial charge < -0.3 is 9.72 Å². The predicted molar refractivity (Wildman–Crippen MR) is 110 cm³/mol. The number of H-pyrrole nitrogens is 1. The van der Waals surface area contributed by atoms with Crippen LogP contribution in [0.1, 0.15) is 28.8 Å². The molecule has 142 valence electrons. The van der Waals surface area contributed by atoms with Gasteiger partial charge in [0, 0.05) is 28.4 Å². The number of aromatic nitrogens is 4. The molecule has 0 unspecified atom stereocenters. The molecule has 1 aliphatic rings. The summed E-state index contributed by atoms with van der Waals surface area (Å²) in [5, 5.41) is 5.06. The molecule has 1 N–H and O–H groups in total. The number of benzene rings is 1. The van der Waals surface area contributed by atoms with E-state index in [9.17, 15) is 4.79 Å². The highest BCUT2D eigenvalue weighted by Crippen LogP contribution is 2.34. The molecule has 0 fully saturated rings. The molecule has 0 spiro atoms. The van der Waals surface area contributed by atoms with Gasteiger partial charge in [-0.3, -0.25) is 9.48 Å². The zero-order chi connectivity index (χ0) is 19.1. The van der Waals surface area contributed by atoms with Crippen LogP contribution >= 0.6 is 11.3 Å². The van der Waals surface area contributed by atoms with E-state index in [1.807, 2.05) is 35.1 Å². The van der Waals surface area contributed by atoms with Crippen molar-refractivity contribution in [3.8, 4) is 17.1 Å². The normalized spacial score (nSPS) is 13.6. The average Bonchev–Trinajstić information content (AvgIpc) is 3.35. The topological polar surface area (TPSA) is 72.8 Å². The molecule has 1 aromatic carbocycles. The van der Waals surface area contributed by atoms with Gasteiger partial charge in [-0.15, -0.1) is 11.3 Å². The molecule has 6 nitrogen and oxygen atoms in total. The Morgan fingerprint density at radius 3 is 3.00 bits per heavy atom. The number of hydrogen-bond donors (Lipinski definition) is 1. The maximum atomic E-state index is 12.8. The Balaban J connectivity index is 1.60. The molecule has 3 aromatic heterocycles. The van der Waals surface area contributed by atoms with Gasteiger partial charge in [0.25, 0.3) is 5.56 Å². The smallest absolute Gasteiger partial charge is 0.260 e. The minimum Gasteiger partial charge on any atom is -0.496 e. The minimum absolute atomic E-state index is 0.0381. The van der Waals surface area contributed by atoms with Crippen LogP contribution in [0.3, 0.4) is 0 Å². The van der Waals surface area contributed by atoms with Crippen LogP contribution in [-0.4, -0.2) is 26.9 Å². The van der Waals surface area contributed by atoms with E-state index in [-0.39, 0.29) is 5.56 Å². The second-order valence-electron chi connectivity index (χ2n) is 7.04. The summed E-state index contributed by atoms with van der Waals surface area (Å²) >= 11 is 1.67. The molecule has 0 atom stereocenters. The third-order valence-corrected chi connectivity index (χ3v) is 6.46. The lowest BCUT2D eigenvalue weighted by atomic mass is 9.97. The lowest BCUT2D eigenvalue weighted by Crippen LogP contribution is -2.11. The van der Waals surface area contributed by atoms with Crippen LogP contribution in [0.25, 0.3) is 21.6 Å². The van der Waals surface area contributed by atoms with Crippen LogP contribution in [0.2, 0.25) is 0 Å². The molecule has 0 saturated carbocycles. The molecule has 7 heteroatoms. The zero-order valence-corrected chi connectivity index (χ0v) is 16.4. The first kappa shape index (κ1) is 17.2. The molecule has 3 heterocycles. The predicted octanol–water partition coefficient (Wildman–Crippen LogP) is 3.78. The van der Waals surface area contributed by atoms with E-state index in [4.69, 9.17) is 9.72 Å². The monoisotopic (exact) mass is 392 g/mol. The van der Waals surface area contributed by atoms with E-state index in [1.165, 1.54) is 16.9 Å². The fourth-order valence-electron chi connectivity index (χ4n) is 3.92. The van der Waals surface area contributed by atoms with Gasteiger partial charge in [-0.2, -0.15) is 5.10 Å². The van der Waals surface area contributed by atoms with Crippen molar-refractivity contribution in [1.29, 1.82) is 0 Å². The van der Waals surface area contributed by atoms with E-state index in [2.05, 4.69) is 10.1 Å². The number of ether oxygens (including phenoxy) is 1. The summed E-state index contributed by atoms with van der Waals surface area (Å²) in [6, 6.07) is 7.75. The summed E-state index contributed by atoms with van der Waals surface area (Å²) in [6.07, 6.45) is 8.04. The lowest BCUT2D eigenvalue weighted by molar-refractivity contribution is 0.407. The number of fused-ring (bicyclic) bond motifs is 3. The highest BCUT2D eigenvalue weighted by molar-refractivity contribution is 7.18. The maximum absolute atomic E-state index is 12.8.